The fourth-order valence-corrected chi connectivity index (χ4v) is 1.97. The Morgan fingerprint density at radius 2 is 1.15 bits per heavy atom. The molecule has 2 rings (SSSR count). The molecule has 0 aromatic heterocycles. The number of hydrogen-bond donors (Lipinski definition) is 2. The molecule has 0 aliphatic heterocycles. The molecule has 0 aliphatic rings. The van der Waals surface area contributed by atoms with Gasteiger partial charge in [0.1, 0.15) is 11.5 Å². The summed E-state index contributed by atoms with van der Waals surface area (Å²) in [5.41, 5.74) is 5.55. The number of benzene rings is 2. The Balaban J connectivity index is 1.88. The van der Waals surface area contributed by atoms with E-state index in [2.05, 4.69) is 21.1 Å². The third kappa shape index (κ3) is 5.17. The fourth-order valence-electron chi connectivity index (χ4n) is 1.97. The van der Waals surface area contributed by atoms with Crippen LogP contribution in [0.3, 0.4) is 0 Å². The number of nitrogens with one attached hydrogen (secondary N) is 2. The standard InChI is InChI=1S/C18H18N4O4/c1-25-15-9-5-3-7-13(15)11-19-21-17(23)18(24)22-20-12-14-8-4-6-10-16(14)26-2/h3-12H,1-2H3,(H,21,23)(H,22,24)/b19-11+,20-12+. The van der Waals surface area contributed by atoms with E-state index < -0.39 is 11.8 Å². The van der Waals surface area contributed by atoms with Crippen molar-refractivity contribution in [2.75, 3.05) is 14.2 Å². The van der Waals surface area contributed by atoms with Gasteiger partial charge in [-0.25, -0.2) is 10.9 Å². The van der Waals surface area contributed by atoms with E-state index in [-0.39, 0.29) is 0 Å². The second-order valence-electron chi connectivity index (χ2n) is 4.88. The fraction of sp³-hybridized carbons (Fsp3) is 0.111. The third-order valence-corrected chi connectivity index (χ3v) is 3.22. The Bertz CT molecular complexity index is 764. The average Bonchev–Trinajstić information content (AvgIpc) is 2.68. The minimum atomic E-state index is -0.951. The van der Waals surface area contributed by atoms with E-state index in [9.17, 15) is 9.59 Å². The summed E-state index contributed by atoms with van der Waals surface area (Å²) in [7, 11) is 3.05. The summed E-state index contributed by atoms with van der Waals surface area (Å²) < 4.78 is 10.3. The van der Waals surface area contributed by atoms with Crippen LogP contribution >= 0.6 is 0 Å². The van der Waals surface area contributed by atoms with E-state index in [0.29, 0.717) is 22.6 Å². The molecule has 2 amide bonds. The highest BCUT2D eigenvalue weighted by Crippen LogP contribution is 2.15. The number of rotatable bonds is 6. The van der Waals surface area contributed by atoms with Crippen molar-refractivity contribution in [1.29, 1.82) is 0 Å². The van der Waals surface area contributed by atoms with Crippen LogP contribution in [0.2, 0.25) is 0 Å². The molecule has 0 saturated carbocycles. The summed E-state index contributed by atoms with van der Waals surface area (Å²) >= 11 is 0. The van der Waals surface area contributed by atoms with Crippen LogP contribution in [0.15, 0.2) is 58.7 Å². The Morgan fingerprint density at radius 1 is 0.769 bits per heavy atom. The summed E-state index contributed by atoms with van der Waals surface area (Å²) in [6.45, 7) is 0. The highest BCUT2D eigenvalue weighted by Gasteiger charge is 2.11. The average molecular weight is 354 g/mol. The van der Waals surface area contributed by atoms with Gasteiger partial charge in [-0.3, -0.25) is 9.59 Å². The molecule has 26 heavy (non-hydrogen) atoms. The van der Waals surface area contributed by atoms with E-state index >= 15 is 0 Å². The van der Waals surface area contributed by atoms with Crippen LogP contribution in [-0.4, -0.2) is 38.5 Å². The number of hydrogen-bond acceptors (Lipinski definition) is 6. The van der Waals surface area contributed by atoms with E-state index in [4.69, 9.17) is 9.47 Å². The predicted octanol–water partition coefficient (Wildman–Crippen LogP) is 1.30. The lowest BCUT2D eigenvalue weighted by Crippen LogP contribution is -2.35. The summed E-state index contributed by atoms with van der Waals surface area (Å²) in [6.07, 6.45) is 2.75. The SMILES string of the molecule is COc1ccccc1/C=N/NC(=O)C(=O)N/N=C/c1ccccc1OC. The van der Waals surface area contributed by atoms with Crippen molar-refractivity contribution < 1.29 is 19.1 Å². The third-order valence-electron chi connectivity index (χ3n) is 3.22. The van der Waals surface area contributed by atoms with Crippen LogP contribution in [-0.2, 0) is 9.59 Å². The summed E-state index contributed by atoms with van der Waals surface area (Å²) in [5, 5.41) is 7.46. The lowest BCUT2D eigenvalue weighted by atomic mass is 10.2. The topological polar surface area (TPSA) is 101 Å². The van der Waals surface area contributed by atoms with E-state index in [1.165, 1.54) is 26.6 Å². The second-order valence-corrected chi connectivity index (χ2v) is 4.88. The zero-order valence-corrected chi connectivity index (χ0v) is 14.3. The molecule has 2 aromatic rings. The molecule has 0 radical (unpaired) electrons. The molecule has 0 fully saturated rings. The maximum atomic E-state index is 11.7. The molecule has 2 N–H and O–H groups in total. The maximum Gasteiger partial charge on any atom is 0.331 e. The molecule has 0 saturated heterocycles. The first-order valence-corrected chi connectivity index (χ1v) is 7.58. The van der Waals surface area contributed by atoms with Gasteiger partial charge in [-0.1, -0.05) is 24.3 Å². The van der Waals surface area contributed by atoms with Crippen LogP contribution in [0.1, 0.15) is 11.1 Å². The van der Waals surface area contributed by atoms with Crippen LogP contribution in [0.5, 0.6) is 11.5 Å². The van der Waals surface area contributed by atoms with Gasteiger partial charge in [0, 0.05) is 11.1 Å². The number of nitrogens with zero attached hydrogens (tertiary/aromatic N) is 2. The van der Waals surface area contributed by atoms with Crippen molar-refractivity contribution in [3.05, 3.63) is 59.7 Å². The van der Waals surface area contributed by atoms with Crippen LogP contribution < -0.4 is 20.3 Å². The molecule has 0 bridgehead atoms. The Labute approximate surface area is 150 Å². The number of amides is 2. The molecule has 0 aliphatic carbocycles. The first kappa shape index (κ1) is 18.7. The molecule has 8 heteroatoms. The van der Waals surface area contributed by atoms with Gasteiger partial charge >= 0.3 is 11.8 Å². The summed E-state index contributed by atoms with van der Waals surface area (Å²) in [6, 6.07) is 14.2. The molecule has 0 atom stereocenters. The van der Waals surface area contributed by atoms with Crippen LogP contribution in [0.4, 0.5) is 0 Å². The minimum absolute atomic E-state index is 0.594. The van der Waals surface area contributed by atoms with Gasteiger partial charge in [0.05, 0.1) is 26.6 Å². The monoisotopic (exact) mass is 354 g/mol. The number of carbonyl (C=O) groups is 2. The van der Waals surface area contributed by atoms with E-state index in [0.717, 1.165) is 0 Å². The number of para-hydroxylation sites is 2. The van der Waals surface area contributed by atoms with Crippen LogP contribution in [0, 0.1) is 0 Å². The van der Waals surface area contributed by atoms with Crippen molar-refractivity contribution in [2.24, 2.45) is 10.2 Å². The lowest BCUT2D eigenvalue weighted by molar-refractivity contribution is -0.139. The molecular formula is C18H18N4O4. The Hall–Kier alpha value is -3.68. The zero-order chi connectivity index (χ0) is 18.8. The van der Waals surface area contributed by atoms with Crippen LogP contribution in [0.25, 0.3) is 0 Å². The minimum Gasteiger partial charge on any atom is -0.496 e. The van der Waals surface area contributed by atoms with Gasteiger partial charge in [-0.15, -0.1) is 0 Å². The van der Waals surface area contributed by atoms with Gasteiger partial charge < -0.3 is 9.47 Å². The normalized spacial score (nSPS) is 10.7. The summed E-state index contributed by atoms with van der Waals surface area (Å²) in [4.78, 5) is 23.4. The van der Waals surface area contributed by atoms with Crippen molar-refractivity contribution in [2.45, 2.75) is 0 Å². The van der Waals surface area contributed by atoms with Crippen molar-refractivity contribution >= 4 is 24.2 Å². The van der Waals surface area contributed by atoms with Gasteiger partial charge in [-0.2, -0.15) is 10.2 Å². The quantitative estimate of drug-likeness (QED) is 0.464. The molecular weight excluding hydrogens is 336 g/mol. The second kappa shape index (κ2) is 9.58. The number of hydrazone groups is 2. The highest BCUT2D eigenvalue weighted by atomic mass is 16.5. The molecule has 0 spiro atoms. The number of ether oxygens (including phenoxy) is 2. The van der Waals surface area contributed by atoms with Gasteiger partial charge in [-0.05, 0) is 24.3 Å². The maximum absolute atomic E-state index is 11.7. The molecule has 0 unspecified atom stereocenters. The number of methoxy groups -OCH3 is 2. The van der Waals surface area contributed by atoms with Gasteiger partial charge in [0.15, 0.2) is 0 Å². The lowest BCUT2D eigenvalue weighted by Gasteiger charge is -2.03. The highest BCUT2D eigenvalue weighted by molar-refractivity contribution is 6.35. The first-order valence-electron chi connectivity index (χ1n) is 7.58. The molecule has 134 valence electrons. The zero-order valence-electron chi connectivity index (χ0n) is 14.3. The van der Waals surface area contributed by atoms with E-state index in [1.807, 2.05) is 12.1 Å². The number of carbonyl (C=O) groups excluding carboxylic acids is 2. The van der Waals surface area contributed by atoms with Gasteiger partial charge in [0.25, 0.3) is 0 Å². The van der Waals surface area contributed by atoms with Gasteiger partial charge in [0.2, 0.25) is 0 Å². The first-order chi connectivity index (χ1) is 12.7. The Morgan fingerprint density at radius 3 is 1.54 bits per heavy atom. The predicted molar refractivity (Wildman–Crippen MR) is 97.5 cm³/mol. The van der Waals surface area contributed by atoms with Crippen molar-refractivity contribution in [3.8, 4) is 11.5 Å². The smallest absolute Gasteiger partial charge is 0.331 e. The van der Waals surface area contributed by atoms with E-state index in [1.54, 1.807) is 36.4 Å². The molecule has 8 nitrogen and oxygen atoms in total. The Kier molecular flexibility index (Phi) is 6.87. The largest absolute Gasteiger partial charge is 0.496 e. The van der Waals surface area contributed by atoms with Crippen molar-refractivity contribution in [3.63, 3.8) is 0 Å². The molecule has 2 aromatic carbocycles. The van der Waals surface area contributed by atoms with Crippen molar-refractivity contribution in [1.82, 2.24) is 10.9 Å². The summed E-state index contributed by atoms with van der Waals surface area (Å²) in [5.74, 6) is -0.714. The molecule has 0 heterocycles.